The lowest BCUT2D eigenvalue weighted by molar-refractivity contribution is -0.141. The quantitative estimate of drug-likeness (QED) is 0.890. The maximum Gasteiger partial charge on any atom is 0.306 e. The van der Waals surface area contributed by atoms with E-state index in [2.05, 4.69) is 5.32 Å². The van der Waals surface area contributed by atoms with E-state index < -0.39 is 11.9 Å². The molecule has 1 amide bonds. The van der Waals surface area contributed by atoms with E-state index in [0.717, 1.165) is 5.56 Å². The fourth-order valence-corrected chi connectivity index (χ4v) is 2.61. The lowest BCUT2D eigenvalue weighted by Gasteiger charge is -2.17. The average molecular weight is 279 g/mol. The number of aliphatic carboxylic acids is 1. The van der Waals surface area contributed by atoms with Crippen molar-refractivity contribution in [2.75, 3.05) is 0 Å². The second kappa shape index (κ2) is 6.03. The zero-order valence-electron chi connectivity index (χ0n) is 11.3. The number of hydrogen-bond acceptors (Lipinski definition) is 2. The molecule has 0 radical (unpaired) electrons. The molecule has 20 heavy (non-hydrogen) atoms. The van der Waals surface area contributed by atoms with Crippen LogP contribution in [0.15, 0.2) is 24.3 Å². The van der Waals surface area contributed by atoms with E-state index in [-0.39, 0.29) is 23.7 Å². The predicted octanol–water partition coefficient (Wildman–Crippen LogP) is 2.50. The molecule has 4 nitrogen and oxygen atoms in total. The molecule has 3 atom stereocenters. The minimum absolute atomic E-state index is 0.120. The molecule has 1 fully saturated rings. The standard InChI is InChI=1S/C15H18FNO3/c1-9(10-4-6-13(16)7-5-10)17-14(18)11-2-3-12(8-11)15(19)20/h4-7,9,11-12H,2-3,8H2,1H3,(H,17,18)(H,19,20)/t9-,11?,12?/m1/s1. The summed E-state index contributed by atoms with van der Waals surface area (Å²) in [6.45, 7) is 1.83. The third-order valence-corrected chi connectivity index (χ3v) is 3.88. The van der Waals surface area contributed by atoms with Crippen molar-refractivity contribution in [3.63, 3.8) is 0 Å². The van der Waals surface area contributed by atoms with Crippen LogP contribution < -0.4 is 5.32 Å². The molecule has 0 saturated heterocycles. The van der Waals surface area contributed by atoms with E-state index in [1.54, 1.807) is 12.1 Å². The van der Waals surface area contributed by atoms with E-state index in [0.29, 0.717) is 19.3 Å². The van der Waals surface area contributed by atoms with Crippen LogP contribution in [0.1, 0.15) is 37.8 Å². The number of carbonyl (C=O) groups excluding carboxylic acids is 1. The Labute approximate surface area is 117 Å². The lowest BCUT2D eigenvalue weighted by atomic mass is 10.0. The Morgan fingerprint density at radius 2 is 1.85 bits per heavy atom. The normalized spacial score (nSPS) is 23.3. The highest BCUT2D eigenvalue weighted by atomic mass is 19.1. The molecule has 1 aliphatic carbocycles. The van der Waals surface area contributed by atoms with Crippen LogP contribution in [0.2, 0.25) is 0 Å². The summed E-state index contributed by atoms with van der Waals surface area (Å²) in [6, 6.07) is 5.76. The Bertz CT molecular complexity index is 500. The summed E-state index contributed by atoms with van der Waals surface area (Å²) in [4.78, 5) is 23.0. The van der Waals surface area contributed by atoms with Crippen LogP contribution in [-0.2, 0) is 9.59 Å². The van der Waals surface area contributed by atoms with Crippen LogP contribution in [0.4, 0.5) is 4.39 Å². The molecule has 1 aromatic rings. The maximum absolute atomic E-state index is 12.8. The summed E-state index contributed by atoms with van der Waals surface area (Å²) in [7, 11) is 0. The van der Waals surface area contributed by atoms with Crippen molar-refractivity contribution in [2.24, 2.45) is 11.8 Å². The molecule has 0 bridgehead atoms. The summed E-state index contributed by atoms with van der Waals surface area (Å²) >= 11 is 0. The van der Waals surface area contributed by atoms with Gasteiger partial charge in [0.05, 0.1) is 12.0 Å². The largest absolute Gasteiger partial charge is 0.481 e. The van der Waals surface area contributed by atoms with Gasteiger partial charge in [0.25, 0.3) is 0 Å². The molecule has 2 rings (SSSR count). The lowest BCUT2D eigenvalue weighted by Crippen LogP contribution is -2.32. The number of carbonyl (C=O) groups is 2. The first-order chi connectivity index (χ1) is 9.47. The van der Waals surface area contributed by atoms with Gasteiger partial charge in [0.1, 0.15) is 5.82 Å². The van der Waals surface area contributed by atoms with Gasteiger partial charge in [-0.05, 0) is 43.9 Å². The topological polar surface area (TPSA) is 66.4 Å². The van der Waals surface area contributed by atoms with Gasteiger partial charge in [0.15, 0.2) is 0 Å². The van der Waals surface area contributed by atoms with Crippen LogP contribution in [-0.4, -0.2) is 17.0 Å². The van der Waals surface area contributed by atoms with Crippen LogP contribution in [0.25, 0.3) is 0 Å². The second-order valence-corrected chi connectivity index (χ2v) is 5.33. The van der Waals surface area contributed by atoms with Gasteiger partial charge in [-0.1, -0.05) is 12.1 Å². The minimum atomic E-state index is -0.827. The molecular formula is C15H18FNO3. The molecule has 0 spiro atoms. The molecule has 0 aromatic heterocycles. The fraction of sp³-hybridized carbons (Fsp3) is 0.467. The Morgan fingerprint density at radius 3 is 2.40 bits per heavy atom. The van der Waals surface area contributed by atoms with E-state index in [1.165, 1.54) is 12.1 Å². The van der Waals surface area contributed by atoms with Crippen molar-refractivity contribution < 1.29 is 19.1 Å². The van der Waals surface area contributed by atoms with Gasteiger partial charge < -0.3 is 10.4 Å². The van der Waals surface area contributed by atoms with Gasteiger partial charge in [-0.3, -0.25) is 9.59 Å². The Kier molecular flexibility index (Phi) is 4.37. The second-order valence-electron chi connectivity index (χ2n) is 5.33. The third kappa shape index (κ3) is 3.35. The Morgan fingerprint density at radius 1 is 1.25 bits per heavy atom. The van der Waals surface area contributed by atoms with Gasteiger partial charge in [-0.2, -0.15) is 0 Å². The van der Waals surface area contributed by atoms with E-state index in [9.17, 15) is 14.0 Å². The first-order valence-electron chi connectivity index (χ1n) is 6.76. The van der Waals surface area contributed by atoms with Crippen LogP contribution in [0.5, 0.6) is 0 Å². The summed E-state index contributed by atoms with van der Waals surface area (Å²) in [6.07, 6.45) is 1.56. The highest BCUT2D eigenvalue weighted by Gasteiger charge is 2.34. The minimum Gasteiger partial charge on any atom is -0.481 e. The fourth-order valence-electron chi connectivity index (χ4n) is 2.61. The molecular weight excluding hydrogens is 261 g/mol. The monoisotopic (exact) mass is 279 g/mol. The number of amides is 1. The number of hydrogen-bond donors (Lipinski definition) is 2. The maximum atomic E-state index is 12.8. The number of halogens is 1. The van der Waals surface area contributed by atoms with Gasteiger partial charge in [-0.15, -0.1) is 0 Å². The molecule has 0 aliphatic heterocycles. The number of carboxylic acid groups (broad SMARTS) is 1. The molecule has 2 unspecified atom stereocenters. The number of rotatable bonds is 4. The molecule has 1 aliphatic rings. The first-order valence-corrected chi connectivity index (χ1v) is 6.76. The molecule has 0 heterocycles. The first kappa shape index (κ1) is 14.5. The zero-order valence-corrected chi connectivity index (χ0v) is 11.3. The molecule has 1 aromatic carbocycles. The summed E-state index contributed by atoms with van der Waals surface area (Å²) < 4.78 is 12.8. The number of carboxylic acids is 1. The third-order valence-electron chi connectivity index (χ3n) is 3.88. The van der Waals surface area contributed by atoms with Gasteiger partial charge in [0, 0.05) is 5.92 Å². The highest BCUT2D eigenvalue weighted by molar-refractivity contribution is 5.81. The molecule has 1 saturated carbocycles. The van der Waals surface area contributed by atoms with Crippen molar-refractivity contribution in [3.8, 4) is 0 Å². The van der Waals surface area contributed by atoms with Crippen molar-refractivity contribution >= 4 is 11.9 Å². The predicted molar refractivity (Wildman–Crippen MR) is 71.4 cm³/mol. The van der Waals surface area contributed by atoms with Gasteiger partial charge >= 0.3 is 5.97 Å². The van der Waals surface area contributed by atoms with Gasteiger partial charge in [-0.25, -0.2) is 4.39 Å². The van der Waals surface area contributed by atoms with E-state index in [4.69, 9.17) is 5.11 Å². The van der Waals surface area contributed by atoms with Crippen LogP contribution in [0, 0.1) is 17.7 Å². The smallest absolute Gasteiger partial charge is 0.306 e. The number of benzene rings is 1. The van der Waals surface area contributed by atoms with Crippen molar-refractivity contribution in [3.05, 3.63) is 35.6 Å². The summed E-state index contributed by atoms with van der Waals surface area (Å²) in [5, 5.41) is 11.8. The Balaban J connectivity index is 1.91. The number of nitrogens with one attached hydrogen (secondary N) is 1. The Hall–Kier alpha value is -1.91. The highest BCUT2D eigenvalue weighted by Crippen LogP contribution is 2.31. The van der Waals surface area contributed by atoms with Crippen molar-refractivity contribution in [2.45, 2.75) is 32.2 Å². The van der Waals surface area contributed by atoms with Crippen molar-refractivity contribution in [1.29, 1.82) is 0 Å². The zero-order chi connectivity index (χ0) is 14.7. The molecule has 108 valence electrons. The molecule has 5 heteroatoms. The van der Waals surface area contributed by atoms with Crippen LogP contribution >= 0.6 is 0 Å². The summed E-state index contributed by atoms with van der Waals surface area (Å²) in [5.74, 6) is -1.91. The van der Waals surface area contributed by atoms with E-state index >= 15 is 0 Å². The average Bonchev–Trinajstić information content (AvgIpc) is 2.89. The molecule has 2 N–H and O–H groups in total. The SMILES string of the molecule is C[C@@H](NC(=O)C1CCC(C(=O)O)C1)c1ccc(F)cc1. The van der Waals surface area contributed by atoms with Crippen LogP contribution in [0.3, 0.4) is 0 Å². The van der Waals surface area contributed by atoms with Crippen molar-refractivity contribution in [1.82, 2.24) is 5.32 Å². The summed E-state index contributed by atoms with van der Waals surface area (Å²) in [5.41, 5.74) is 0.826. The van der Waals surface area contributed by atoms with Gasteiger partial charge in [0.2, 0.25) is 5.91 Å². The van der Waals surface area contributed by atoms with E-state index in [1.807, 2.05) is 6.92 Å².